The van der Waals surface area contributed by atoms with E-state index in [4.69, 9.17) is 0 Å². The Bertz CT molecular complexity index is 895. The molecule has 0 aliphatic carbocycles. The van der Waals surface area contributed by atoms with Crippen molar-refractivity contribution >= 4 is 26.0 Å². The summed E-state index contributed by atoms with van der Waals surface area (Å²) in [5, 5.41) is 0. The van der Waals surface area contributed by atoms with Gasteiger partial charge in [0.15, 0.2) is 0 Å². The van der Waals surface area contributed by atoms with Crippen LogP contribution in [-0.2, 0) is 10.0 Å². The van der Waals surface area contributed by atoms with Crippen LogP contribution in [0.4, 0.5) is 0 Å². The Morgan fingerprint density at radius 2 is 1.55 bits per heavy atom. The number of hydrogen-bond acceptors (Lipinski definition) is 2. The highest BCUT2D eigenvalue weighted by molar-refractivity contribution is 9.10. The van der Waals surface area contributed by atoms with Crippen LogP contribution in [0.25, 0.3) is 11.3 Å². The molecule has 0 aliphatic rings. The molecule has 5 heteroatoms. The summed E-state index contributed by atoms with van der Waals surface area (Å²) >= 11 is 3.39. The van der Waals surface area contributed by atoms with Gasteiger partial charge in [-0.15, -0.1) is 0 Å². The van der Waals surface area contributed by atoms with Crippen molar-refractivity contribution < 1.29 is 8.42 Å². The van der Waals surface area contributed by atoms with Crippen LogP contribution >= 0.6 is 15.9 Å². The Hall–Kier alpha value is -1.85. The van der Waals surface area contributed by atoms with Gasteiger partial charge in [0.1, 0.15) is 0 Å². The lowest BCUT2D eigenvalue weighted by Gasteiger charge is -2.11. The second kappa shape index (κ2) is 5.74. The van der Waals surface area contributed by atoms with Crippen LogP contribution in [0.1, 0.15) is 5.56 Å². The maximum atomic E-state index is 12.8. The van der Waals surface area contributed by atoms with Gasteiger partial charge >= 0.3 is 0 Å². The van der Waals surface area contributed by atoms with Gasteiger partial charge in [0.2, 0.25) is 0 Å². The molecule has 0 radical (unpaired) electrons. The number of aryl methyl sites for hydroxylation is 1. The van der Waals surface area contributed by atoms with Crippen LogP contribution in [0, 0.1) is 6.92 Å². The first-order valence-electron chi connectivity index (χ1n) is 6.74. The summed E-state index contributed by atoms with van der Waals surface area (Å²) in [5.74, 6) is 0. The fraction of sp³-hybridized carbons (Fsp3) is 0.0588. The minimum atomic E-state index is -3.60. The SMILES string of the molecule is Cc1ccc(S(=O)(=O)n2cccc2-c2ccc(Br)cc2)cc1. The van der Waals surface area contributed by atoms with E-state index in [1.165, 1.54) is 3.97 Å². The normalized spacial score (nSPS) is 11.5. The molecule has 1 aromatic heterocycles. The van der Waals surface area contributed by atoms with Gasteiger partial charge in [0, 0.05) is 10.7 Å². The third kappa shape index (κ3) is 2.74. The van der Waals surface area contributed by atoms with Crippen LogP contribution in [-0.4, -0.2) is 12.4 Å². The largest absolute Gasteiger partial charge is 0.268 e. The molecule has 0 fully saturated rings. The van der Waals surface area contributed by atoms with Gasteiger partial charge in [0.05, 0.1) is 10.6 Å². The molecule has 0 bridgehead atoms. The van der Waals surface area contributed by atoms with Crippen molar-refractivity contribution in [2.75, 3.05) is 0 Å². The molecule has 1 heterocycles. The van der Waals surface area contributed by atoms with Crippen molar-refractivity contribution in [2.24, 2.45) is 0 Å². The maximum Gasteiger partial charge on any atom is 0.268 e. The van der Waals surface area contributed by atoms with E-state index in [0.29, 0.717) is 5.69 Å². The lowest BCUT2D eigenvalue weighted by atomic mass is 10.2. The molecule has 0 spiro atoms. The summed E-state index contributed by atoms with van der Waals surface area (Å²) in [6, 6.07) is 18.0. The van der Waals surface area contributed by atoms with Crippen molar-refractivity contribution in [3.05, 3.63) is 76.9 Å². The molecule has 22 heavy (non-hydrogen) atoms. The van der Waals surface area contributed by atoms with E-state index in [1.54, 1.807) is 42.6 Å². The average Bonchev–Trinajstić information content (AvgIpc) is 2.99. The van der Waals surface area contributed by atoms with Crippen molar-refractivity contribution in [3.63, 3.8) is 0 Å². The minimum Gasteiger partial charge on any atom is -0.241 e. The first kappa shape index (κ1) is 15.1. The predicted octanol–water partition coefficient (Wildman–Crippen LogP) is 4.46. The van der Waals surface area contributed by atoms with Gasteiger partial charge in [0.25, 0.3) is 10.0 Å². The lowest BCUT2D eigenvalue weighted by molar-refractivity contribution is 0.588. The Kier molecular flexibility index (Phi) is 3.93. The monoisotopic (exact) mass is 375 g/mol. The molecule has 3 rings (SSSR count). The van der Waals surface area contributed by atoms with Crippen LogP contribution in [0.15, 0.2) is 76.2 Å². The van der Waals surface area contributed by atoms with Crippen LogP contribution in [0.5, 0.6) is 0 Å². The van der Waals surface area contributed by atoms with Crippen LogP contribution < -0.4 is 0 Å². The van der Waals surface area contributed by atoms with Crippen LogP contribution in [0.3, 0.4) is 0 Å². The molecule has 0 N–H and O–H groups in total. The topological polar surface area (TPSA) is 39.1 Å². The fourth-order valence-electron chi connectivity index (χ4n) is 2.24. The third-order valence-electron chi connectivity index (χ3n) is 3.43. The first-order chi connectivity index (χ1) is 10.5. The molecule has 0 atom stereocenters. The maximum absolute atomic E-state index is 12.8. The fourth-order valence-corrected chi connectivity index (χ4v) is 3.87. The van der Waals surface area contributed by atoms with E-state index in [1.807, 2.05) is 31.2 Å². The van der Waals surface area contributed by atoms with Gasteiger partial charge in [-0.05, 0) is 48.9 Å². The van der Waals surface area contributed by atoms with Gasteiger partial charge in [-0.1, -0.05) is 45.8 Å². The molecule has 0 saturated heterocycles. The van der Waals surface area contributed by atoms with E-state index in [9.17, 15) is 8.42 Å². The lowest BCUT2D eigenvalue weighted by Crippen LogP contribution is -2.13. The summed E-state index contributed by atoms with van der Waals surface area (Å²) in [6.07, 6.45) is 1.58. The van der Waals surface area contributed by atoms with E-state index < -0.39 is 10.0 Å². The van der Waals surface area contributed by atoms with Gasteiger partial charge in [-0.2, -0.15) is 0 Å². The third-order valence-corrected chi connectivity index (χ3v) is 5.66. The number of aromatic nitrogens is 1. The summed E-state index contributed by atoms with van der Waals surface area (Å²) in [6.45, 7) is 1.93. The number of hydrogen-bond donors (Lipinski definition) is 0. The quantitative estimate of drug-likeness (QED) is 0.677. The zero-order chi connectivity index (χ0) is 15.7. The van der Waals surface area contributed by atoms with Gasteiger partial charge in [-0.3, -0.25) is 0 Å². The average molecular weight is 376 g/mol. The second-order valence-corrected chi connectivity index (χ2v) is 7.74. The summed E-state index contributed by atoms with van der Waals surface area (Å²) in [4.78, 5) is 0.285. The molecular formula is C17H14BrNO2S. The predicted molar refractivity (Wildman–Crippen MR) is 91.3 cm³/mol. The molecular weight excluding hydrogens is 362 g/mol. The van der Waals surface area contributed by atoms with Gasteiger partial charge in [-0.25, -0.2) is 12.4 Å². The highest BCUT2D eigenvalue weighted by Crippen LogP contribution is 2.26. The van der Waals surface area contributed by atoms with E-state index in [2.05, 4.69) is 15.9 Å². The molecule has 3 nitrogen and oxygen atoms in total. The minimum absolute atomic E-state index is 0.285. The Balaban J connectivity index is 2.11. The Morgan fingerprint density at radius 1 is 0.909 bits per heavy atom. The molecule has 0 unspecified atom stereocenters. The first-order valence-corrected chi connectivity index (χ1v) is 8.97. The smallest absolute Gasteiger partial charge is 0.241 e. The van der Waals surface area contributed by atoms with Crippen molar-refractivity contribution in [2.45, 2.75) is 11.8 Å². The highest BCUT2D eigenvalue weighted by atomic mass is 79.9. The number of benzene rings is 2. The number of halogens is 1. The zero-order valence-electron chi connectivity index (χ0n) is 11.9. The molecule has 3 aromatic rings. The van der Waals surface area contributed by atoms with E-state index in [0.717, 1.165) is 15.6 Å². The van der Waals surface area contributed by atoms with E-state index in [-0.39, 0.29) is 4.90 Å². The van der Waals surface area contributed by atoms with Crippen LogP contribution in [0.2, 0.25) is 0 Å². The zero-order valence-corrected chi connectivity index (χ0v) is 14.3. The molecule has 0 saturated carbocycles. The number of rotatable bonds is 3. The second-order valence-electron chi connectivity index (χ2n) is 5.01. The van der Waals surface area contributed by atoms with E-state index >= 15 is 0 Å². The molecule has 2 aromatic carbocycles. The molecule has 112 valence electrons. The van der Waals surface area contributed by atoms with Gasteiger partial charge < -0.3 is 0 Å². The number of nitrogens with zero attached hydrogens (tertiary/aromatic N) is 1. The Morgan fingerprint density at radius 3 is 2.18 bits per heavy atom. The summed E-state index contributed by atoms with van der Waals surface area (Å²) in [5.41, 5.74) is 2.52. The summed E-state index contributed by atoms with van der Waals surface area (Å²) in [7, 11) is -3.60. The van der Waals surface area contributed by atoms with Crippen molar-refractivity contribution in [1.29, 1.82) is 0 Å². The highest BCUT2D eigenvalue weighted by Gasteiger charge is 2.19. The van der Waals surface area contributed by atoms with Crippen molar-refractivity contribution in [3.8, 4) is 11.3 Å². The Labute approximate surface area is 138 Å². The molecule has 0 aliphatic heterocycles. The van der Waals surface area contributed by atoms with Crippen molar-refractivity contribution in [1.82, 2.24) is 3.97 Å². The summed E-state index contributed by atoms with van der Waals surface area (Å²) < 4.78 is 27.9. The molecule has 0 amide bonds. The standard InChI is InChI=1S/C17H14BrNO2S/c1-13-4-10-16(11-5-13)22(20,21)19-12-2-3-17(19)14-6-8-15(18)9-7-14/h2-12H,1H3.